The highest BCUT2D eigenvalue weighted by atomic mass is 32.2. The molecule has 0 aliphatic heterocycles. The van der Waals surface area contributed by atoms with Gasteiger partial charge in [0.1, 0.15) is 5.75 Å². The molecule has 1 aromatic carbocycles. The van der Waals surface area contributed by atoms with E-state index in [2.05, 4.69) is 43.7 Å². The fraction of sp³-hybridized carbons (Fsp3) is 0.500. The smallest absolute Gasteiger partial charge is 0.126 e. The van der Waals surface area contributed by atoms with Crippen molar-refractivity contribution in [2.75, 3.05) is 12.9 Å². The van der Waals surface area contributed by atoms with Gasteiger partial charge in [-0.2, -0.15) is 0 Å². The Bertz CT molecular complexity index is 371. The van der Waals surface area contributed by atoms with Crippen molar-refractivity contribution in [3.63, 3.8) is 0 Å². The molecule has 0 fully saturated rings. The van der Waals surface area contributed by atoms with Crippen LogP contribution in [0.4, 0.5) is 0 Å². The van der Waals surface area contributed by atoms with Crippen LogP contribution >= 0.6 is 11.8 Å². The molecule has 0 bridgehead atoms. The third-order valence-electron chi connectivity index (χ3n) is 2.88. The maximum atomic E-state index is 5.92. The highest BCUT2D eigenvalue weighted by Gasteiger charge is 2.06. The van der Waals surface area contributed by atoms with Crippen molar-refractivity contribution in [2.45, 2.75) is 39.5 Å². The maximum absolute atomic E-state index is 5.92. The first-order chi connectivity index (χ1) is 8.83. The Kier molecular flexibility index (Phi) is 7.66. The Morgan fingerprint density at radius 3 is 2.67 bits per heavy atom. The van der Waals surface area contributed by atoms with E-state index >= 15 is 0 Å². The minimum atomic E-state index is 0.821. The van der Waals surface area contributed by atoms with E-state index in [1.807, 2.05) is 6.07 Å². The molecule has 0 heterocycles. The molecule has 1 aromatic rings. The average Bonchev–Trinajstić information content (AvgIpc) is 2.42. The zero-order valence-electron chi connectivity index (χ0n) is 11.7. The monoisotopic (exact) mass is 264 g/mol. The van der Waals surface area contributed by atoms with Gasteiger partial charge in [0.2, 0.25) is 0 Å². The van der Waals surface area contributed by atoms with Crippen LogP contribution < -0.4 is 4.74 Å². The molecule has 18 heavy (non-hydrogen) atoms. The van der Waals surface area contributed by atoms with E-state index < -0.39 is 0 Å². The van der Waals surface area contributed by atoms with Gasteiger partial charge in [-0.3, -0.25) is 0 Å². The lowest BCUT2D eigenvalue weighted by atomic mass is 10.0. The van der Waals surface area contributed by atoms with Crippen LogP contribution in [0, 0.1) is 0 Å². The molecule has 0 aliphatic carbocycles. The summed E-state index contributed by atoms with van der Waals surface area (Å²) in [6, 6.07) is 8.36. The van der Waals surface area contributed by atoms with Gasteiger partial charge in [0.15, 0.2) is 0 Å². The average molecular weight is 264 g/mol. The van der Waals surface area contributed by atoms with E-state index in [9.17, 15) is 0 Å². The van der Waals surface area contributed by atoms with Gasteiger partial charge in [0.05, 0.1) is 6.61 Å². The SMILES string of the molecule is CCCCCOc1ccccc1/C(=C\SC)CC. The van der Waals surface area contributed by atoms with Crippen LogP contribution in [-0.4, -0.2) is 12.9 Å². The summed E-state index contributed by atoms with van der Waals surface area (Å²) in [6.07, 6.45) is 6.75. The molecule has 0 spiro atoms. The van der Waals surface area contributed by atoms with Gasteiger partial charge >= 0.3 is 0 Å². The highest BCUT2D eigenvalue weighted by molar-refractivity contribution is 8.01. The highest BCUT2D eigenvalue weighted by Crippen LogP contribution is 2.29. The minimum absolute atomic E-state index is 0.821. The van der Waals surface area contributed by atoms with E-state index in [0.29, 0.717) is 0 Å². The Morgan fingerprint density at radius 2 is 2.00 bits per heavy atom. The second-order valence-electron chi connectivity index (χ2n) is 4.28. The number of thioether (sulfide) groups is 1. The van der Waals surface area contributed by atoms with Gasteiger partial charge in [0, 0.05) is 5.56 Å². The Balaban J connectivity index is 2.75. The van der Waals surface area contributed by atoms with Gasteiger partial charge in [0.25, 0.3) is 0 Å². The number of hydrogen-bond donors (Lipinski definition) is 0. The second kappa shape index (κ2) is 9.09. The molecule has 1 rings (SSSR count). The number of allylic oxidation sites excluding steroid dienone is 1. The lowest BCUT2D eigenvalue weighted by Gasteiger charge is -2.13. The van der Waals surface area contributed by atoms with Crippen molar-refractivity contribution in [3.8, 4) is 5.75 Å². The van der Waals surface area contributed by atoms with Gasteiger partial charge in [-0.1, -0.05) is 44.9 Å². The first kappa shape index (κ1) is 15.2. The predicted molar refractivity (Wildman–Crippen MR) is 83.2 cm³/mol. The number of ether oxygens (including phenoxy) is 1. The number of unbranched alkanes of at least 4 members (excludes halogenated alkanes) is 2. The topological polar surface area (TPSA) is 9.23 Å². The molecule has 0 saturated heterocycles. The third-order valence-corrected chi connectivity index (χ3v) is 3.40. The van der Waals surface area contributed by atoms with Crippen LogP contribution in [0.1, 0.15) is 45.1 Å². The molecule has 100 valence electrons. The molecule has 0 amide bonds. The number of hydrogen-bond acceptors (Lipinski definition) is 2. The van der Waals surface area contributed by atoms with Crippen molar-refractivity contribution >= 4 is 17.3 Å². The van der Waals surface area contributed by atoms with E-state index in [0.717, 1.165) is 25.2 Å². The quantitative estimate of drug-likeness (QED) is 0.584. The van der Waals surface area contributed by atoms with Crippen molar-refractivity contribution in [1.29, 1.82) is 0 Å². The maximum Gasteiger partial charge on any atom is 0.126 e. The molecule has 0 aliphatic rings. The van der Waals surface area contributed by atoms with Crippen LogP contribution in [0.5, 0.6) is 5.75 Å². The van der Waals surface area contributed by atoms with Gasteiger partial charge in [-0.05, 0) is 36.1 Å². The van der Waals surface area contributed by atoms with Crippen molar-refractivity contribution in [3.05, 3.63) is 35.2 Å². The van der Waals surface area contributed by atoms with Crippen LogP contribution in [0.25, 0.3) is 5.57 Å². The normalized spacial score (nSPS) is 11.6. The Morgan fingerprint density at radius 1 is 1.22 bits per heavy atom. The zero-order chi connectivity index (χ0) is 13.2. The third kappa shape index (κ3) is 4.77. The van der Waals surface area contributed by atoms with Gasteiger partial charge < -0.3 is 4.74 Å². The molecular weight excluding hydrogens is 240 g/mol. The Hall–Kier alpha value is -0.890. The van der Waals surface area contributed by atoms with E-state index in [1.165, 1.54) is 24.0 Å². The van der Waals surface area contributed by atoms with Crippen molar-refractivity contribution in [2.24, 2.45) is 0 Å². The Labute approximate surface area is 116 Å². The molecule has 2 heteroatoms. The van der Waals surface area contributed by atoms with E-state index in [1.54, 1.807) is 11.8 Å². The summed E-state index contributed by atoms with van der Waals surface area (Å²) >= 11 is 1.75. The molecule has 0 saturated carbocycles. The molecule has 0 unspecified atom stereocenters. The fourth-order valence-electron chi connectivity index (χ4n) is 1.87. The van der Waals surface area contributed by atoms with Gasteiger partial charge in [-0.15, -0.1) is 11.8 Å². The standard InChI is InChI=1S/C16H24OS/c1-4-6-9-12-17-16-11-8-7-10-15(16)14(5-2)13-18-3/h7-8,10-11,13H,4-6,9,12H2,1-3H3/b14-13-. The summed E-state index contributed by atoms with van der Waals surface area (Å²) in [7, 11) is 0. The summed E-state index contributed by atoms with van der Waals surface area (Å²) in [6.45, 7) is 5.22. The summed E-state index contributed by atoms with van der Waals surface area (Å²) in [5, 5.41) is 2.22. The molecule has 0 N–H and O–H groups in total. The first-order valence-electron chi connectivity index (χ1n) is 6.77. The molecule has 0 radical (unpaired) electrons. The first-order valence-corrected chi connectivity index (χ1v) is 8.06. The van der Waals surface area contributed by atoms with Crippen molar-refractivity contribution < 1.29 is 4.74 Å². The van der Waals surface area contributed by atoms with Crippen LogP contribution in [0.2, 0.25) is 0 Å². The van der Waals surface area contributed by atoms with Crippen molar-refractivity contribution in [1.82, 2.24) is 0 Å². The summed E-state index contributed by atoms with van der Waals surface area (Å²) < 4.78 is 5.92. The van der Waals surface area contributed by atoms with E-state index in [4.69, 9.17) is 4.74 Å². The number of benzene rings is 1. The molecule has 1 nitrogen and oxygen atoms in total. The molecule has 0 atom stereocenters. The largest absolute Gasteiger partial charge is 0.493 e. The fourth-order valence-corrected chi connectivity index (χ4v) is 2.45. The van der Waals surface area contributed by atoms with Crippen LogP contribution in [0.3, 0.4) is 0 Å². The lowest BCUT2D eigenvalue weighted by Crippen LogP contribution is -1.99. The zero-order valence-corrected chi connectivity index (χ0v) is 12.6. The summed E-state index contributed by atoms with van der Waals surface area (Å²) in [4.78, 5) is 0. The van der Waals surface area contributed by atoms with E-state index in [-0.39, 0.29) is 0 Å². The summed E-state index contributed by atoms with van der Waals surface area (Å²) in [5.74, 6) is 1.02. The van der Waals surface area contributed by atoms with Gasteiger partial charge in [-0.25, -0.2) is 0 Å². The van der Waals surface area contributed by atoms with Crippen LogP contribution in [0.15, 0.2) is 29.7 Å². The lowest BCUT2D eigenvalue weighted by molar-refractivity contribution is 0.305. The predicted octanol–water partition coefficient (Wildman–Crippen LogP) is 5.37. The molecule has 0 aromatic heterocycles. The second-order valence-corrected chi connectivity index (χ2v) is 4.99. The number of rotatable bonds is 8. The minimum Gasteiger partial charge on any atom is -0.493 e. The van der Waals surface area contributed by atoms with Crippen LogP contribution in [-0.2, 0) is 0 Å². The summed E-state index contributed by atoms with van der Waals surface area (Å²) in [5.41, 5.74) is 2.60. The number of para-hydroxylation sites is 1. The molecular formula is C16H24OS.